The first-order valence-electron chi connectivity index (χ1n) is 13.8. The van der Waals surface area contributed by atoms with E-state index in [0.29, 0.717) is 24.4 Å². The number of halogens is 1. The minimum absolute atomic E-state index is 0.171. The number of thiazole rings is 1. The van der Waals surface area contributed by atoms with Crippen molar-refractivity contribution in [3.63, 3.8) is 0 Å². The molecule has 1 heterocycles. The molecule has 0 N–H and O–H groups in total. The van der Waals surface area contributed by atoms with E-state index >= 15 is 0 Å². The summed E-state index contributed by atoms with van der Waals surface area (Å²) in [5.41, 5.74) is 7.94. The summed E-state index contributed by atoms with van der Waals surface area (Å²) in [5.74, 6) is 3.75. The Hall–Kier alpha value is -2.27. The van der Waals surface area contributed by atoms with Crippen molar-refractivity contribution in [1.82, 2.24) is 9.88 Å². The maximum Gasteiger partial charge on any atom is 0.126 e. The number of benzene rings is 2. The molecular formula is C33H42BFN2OS2. The van der Waals surface area contributed by atoms with Gasteiger partial charge in [-0.3, -0.25) is 4.90 Å². The Bertz CT molecular complexity index is 1350. The topological polar surface area (TPSA) is 25.4 Å². The Balaban J connectivity index is 0.000000222. The minimum atomic E-state index is -0.703. The first kappa shape index (κ1) is 32.3. The summed E-state index contributed by atoms with van der Waals surface area (Å²) in [6, 6.07) is 9.45. The van der Waals surface area contributed by atoms with Gasteiger partial charge < -0.3 is 4.74 Å². The molecule has 1 aromatic heterocycles. The van der Waals surface area contributed by atoms with E-state index in [2.05, 4.69) is 64.6 Å². The summed E-state index contributed by atoms with van der Waals surface area (Å²) in [7, 11) is 8.39. The molecule has 2 unspecified atom stereocenters. The Kier molecular flexibility index (Phi) is 10.6. The smallest absolute Gasteiger partial charge is 0.126 e. The molecule has 0 bridgehead atoms. The number of rotatable bonds is 8. The summed E-state index contributed by atoms with van der Waals surface area (Å²) in [5, 5.41) is 0. The summed E-state index contributed by atoms with van der Waals surface area (Å²) < 4.78 is 19.4. The number of terminal acetylenes is 1. The van der Waals surface area contributed by atoms with Crippen LogP contribution in [0.1, 0.15) is 73.7 Å². The second-order valence-corrected chi connectivity index (χ2v) is 13.6. The van der Waals surface area contributed by atoms with Crippen LogP contribution < -0.4 is 4.74 Å². The minimum Gasteiger partial charge on any atom is -0.488 e. The van der Waals surface area contributed by atoms with Gasteiger partial charge in [-0.1, -0.05) is 25.0 Å². The molecule has 2 aromatic carbocycles. The molecule has 3 aromatic rings. The molecule has 1 aliphatic rings. The van der Waals surface area contributed by atoms with Crippen LogP contribution in [-0.2, 0) is 6.42 Å². The molecule has 3 nitrogen and oxygen atoms in total. The van der Waals surface area contributed by atoms with Gasteiger partial charge >= 0.3 is 0 Å². The average Bonchev–Trinajstić information content (AvgIpc) is 3.63. The van der Waals surface area contributed by atoms with Gasteiger partial charge in [-0.25, -0.2) is 9.37 Å². The third-order valence-electron chi connectivity index (χ3n) is 7.16. The lowest BCUT2D eigenvalue weighted by Gasteiger charge is -2.40. The van der Waals surface area contributed by atoms with Crippen LogP contribution in [0.4, 0.5) is 4.39 Å². The van der Waals surface area contributed by atoms with Crippen LogP contribution in [0.5, 0.6) is 5.75 Å². The van der Waals surface area contributed by atoms with Crippen molar-refractivity contribution in [2.24, 2.45) is 5.92 Å². The van der Waals surface area contributed by atoms with Gasteiger partial charge in [0.1, 0.15) is 17.2 Å². The van der Waals surface area contributed by atoms with Crippen molar-refractivity contribution in [3.8, 4) is 29.4 Å². The van der Waals surface area contributed by atoms with E-state index < -0.39 is 4.65 Å². The first-order chi connectivity index (χ1) is 18.7. The highest BCUT2D eigenvalue weighted by Gasteiger charge is 2.45. The number of hydrogen-bond donors (Lipinski definition) is 1. The van der Waals surface area contributed by atoms with Crippen molar-refractivity contribution in [3.05, 3.63) is 68.8 Å². The lowest BCUT2D eigenvalue weighted by atomic mass is 9.72. The number of aromatic nitrogens is 1. The quantitative estimate of drug-likeness (QED) is 0.167. The lowest BCUT2D eigenvalue weighted by molar-refractivity contribution is 0.130. The first-order valence-corrected chi connectivity index (χ1v) is 15.2. The Morgan fingerprint density at radius 3 is 2.38 bits per heavy atom. The molecule has 1 aliphatic carbocycles. The van der Waals surface area contributed by atoms with Gasteiger partial charge in [0.25, 0.3) is 0 Å². The van der Waals surface area contributed by atoms with Crippen LogP contribution >= 0.6 is 24.0 Å². The van der Waals surface area contributed by atoms with E-state index in [-0.39, 0.29) is 17.5 Å². The third-order valence-corrected chi connectivity index (χ3v) is 8.53. The summed E-state index contributed by atoms with van der Waals surface area (Å²) in [4.78, 5) is 7.70. The van der Waals surface area contributed by atoms with Gasteiger partial charge in [-0.2, -0.15) is 12.6 Å². The second-order valence-electron chi connectivity index (χ2n) is 11.8. The van der Waals surface area contributed by atoms with Gasteiger partial charge in [0.15, 0.2) is 0 Å². The Morgan fingerprint density at radius 1 is 1.20 bits per heavy atom. The van der Waals surface area contributed by atoms with Crippen molar-refractivity contribution < 1.29 is 9.13 Å². The molecule has 7 heteroatoms. The van der Waals surface area contributed by atoms with Crippen LogP contribution in [0.2, 0.25) is 0 Å². The van der Waals surface area contributed by atoms with Gasteiger partial charge in [0.2, 0.25) is 0 Å². The highest BCUT2D eigenvalue weighted by atomic mass is 32.1. The molecular weight excluding hydrogens is 534 g/mol. The van der Waals surface area contributed by atoms with E-state index in [9.17, 15) is 4.39 Å². The molecule has 0 saturated heterocycles. The molecule has 2 atom stereocenters. The van der Waals surface area contributed by atoms with Gasteiger partial charge in [-0.15, -0.1) is 17.8 Å². The zero-order valence-electron chi connectivity index (χ0n) is 25.1. The largest absolute Gasteiger partial charge is 0.488 e. The molecule has 40 heavy (non-hydrogen) atoms. The van der Waals surface area contributed by atoms with Crippen LogP contribution in [0.15, 0.2) is 35.8 Å². The molecule has 0 aliphatic heterocycles. The zero-order valence-corrected chi connectivity index (χ0v) is 26.8. The molecule has 0 spiro atoms. The molecule has 4 rings (SSSR count). The summed E-state index contributed by atoms with van der Waals surface area (Å²) >= 11 is 6.40. The standard InChI is InChI=1S/C17H21BFNS.C16H21NOS/c1-4-10-20(3)16(17(18,21)14-8-9-14)13-7-6-12(5-2)15(19)11-13;1-10-8-14(18-16(4,5)6)11(2)7-13(10)15-12(3)19-9-17-15/h1,6-7,11,14,16,21H,5,8-10H2,2-3H3;7-9H,1-6H3. The van der Waals surface area contributed by atoms with Gasteiger partial charge in [0.05, 0.1) is 25.6 Å². The van der Waals surface area contributed by atoms with E-state index in [1.807, 2.05) is 36.5 Å². The number of thiol groups is 1. The fourth-order valence-corrected chi connectivity index (χ4v) is 6.14. The zero-order chi connectivity index (χ0) is 29.8. The highest BCUT2D eigenvalue weighted by Crippen LogP contribution is 2.50. The van der Waals surface area contributed by atoms with E-state index in [0.717, 1.165) is 35.4 Å². The van der Waals surface area contributed by atoms with E-state index in [1.165, 1.54) is 16.0 Å². The van der Waals surface area contributed by atoms with Gasteiger partial charge in [0, 0.05) is 16.5 Å². The van der Waals surface area contributed by atoms with Crippen LogP contribution in [-0.4, -0.2) is 41.6 Å². The molecule has 2 radical (unpaired) electrons. The monoisotopic (exact) mass is 576 g/mol. The number of ether oxygens (including phenoxy) is 1. The molecule has 0 amide bonds. The predicted molar refractivity (Wildman–Crippen MR) is 172 cm³/mol. The van der Waals surface area contributed by atoms with Crippen LogP contribution in [0, 0.1) is 44.9 Å². The maximum absolute atomic E-state index is 14.1. The maximum atomic E-state index is 14.1. The molecule has 1 saturated carbocycles. The van der Waals surface area contributed by atoms with Crippen LogP contribution in [0.25, 0.3) is 11.3 Å². The average molecular weight is 577 g/mol. The van der Waals surface area contributed by atoms with Gasteiger partial charge in [-0.05, 0) is 119 Å². The summed E-state index contributed by atoms with van der Waals surface area (Å²) in [6.07, 6.45) is 8.23. The third kappa shape index (κ3) is 7.93. The Morgan fingerprint density at radius 2 is 1.88 bits per heavy atom. The number of hydrogen-bond acceptors (Lipinski definition) is 5. The van der Waals surface area contributed by atoms with E-state index in [1.54, 1.807) is 17.4 Å². The second kappa shape index (κ2) is 13.1. The molecule has 212 valence electrons. The van der Waals surface area contributed by atoms with Crippen molar-refractivity contribution in [2.45, 2.75) is 84.0 Å². The lowest BCUT2D eigenvalue weighted by Crippen LogP contribution is -2.43. The van der Waals surface area contributed by atoms with Crippen molar-refractivity contribution in [2.75, 3.05) is 13.6 Å². The van der Waals surface area contributed by atoms with E-state index in [4.69, 9.17) is 31.6 Å². The SMILES string of the molecule is Cc1cc(-c2ncsc2C)c(C)cc1OC(C)(C)C.[B]C(S)(C1CC1)C(c1ccc(CC)c(F)c1)N(C)CC#C. The molecule has 1 fully saturated rings. The number of nitrogens with zero attached hydrogens (tertiary/aromatic N) is 2. The fourth-order valence-electron chi connectivity index (χ4n) is 4.95. The highest BCUT2D eigenvalue weighted by molar-refractivity contribution is 7.83. The van der Waals surface area contributed by atoms with Crippen molar-refractivity contribution in [1.29, 1.82) is 0 Å². The summed E-state index contributed by atoms with van der Waals surface area (Å²) in [6.45, 7) is 14.9. The van der Waals surface area contributed by atoms with Crippen molar-refractivity contribution >= 4 is 31.8 Å². The normalized spacial score (nSPS) is 15.6. The Labute approximate surface area is 251 Å². The fraction of sp³-hybridized carbons (Fsp3) is 0.485. The predicted octanol–water partition coefficient (Wildman–Crippen LogP) is 8.11. The van der Waals surface area contributed by atoms with Crippen LogP contribution in [0.3, 0.4) is 0 Å². The number of aryl methyl sites for hydroxylation is 4.